The van der Waals surface area contributed by atoms with Crippen LogP contribution in [0.5, 0.6) is 0 Å². The van der Waals surface area contributed by atoms with Crippen molar-refractivity contribution in [1.29, 1.82) is 0 Å². The maximum Gasteiger partial charge on any atom is 0.345 e. The average molecular weight is 361 g/mol. The summed E-state index contributed by atoms with van der Waals surface area (Å²) in [4.78, 5) is 29.1. The van der Waals surface area contributed by atoms with Crippen LogP contribution in [0.3, 0.4) is 0 Å². The molecular formula is C17H27N7O2. The maximum atomic E-state index is 12.5. The quantitative estimate of drug-likeness (QED) is 0.843. The van der Waals surface area contributed by atoms with E-state index in [1.54, 1.807) is 23.2 Å². The first kappa shape index (κ1) is 18.3. The monoisotopic (exact) mass is 361 g/mol. The molecule has 0 spiro atoms. The van der Waals surface area contributed by atoms with Crippen molar-refractivity contribution in [2.45, 2.75) is 65.6 Å². The summed E-state index contributed by atoms with van der Waals surface area (Å²) in [6.07, 6.45) is 3.06. The van der Waals surface area contributed by atoms with Crippen LogP contribution in [-0.2, 0) is 26.6 Å². The Labute approximate surface area is 152 Å². The van der Waals surface area contributed by atoms with E-state index < -0.39 is 0 Å². The summed E-state index contributed by atoms with van der Waals surface area (Å²) in [5.74, 6) is 1.99. The summed E-state index contributed by atoms with van der Waals surface area (Å²) in [5.41, 5.74) is -0.0449. The molecule has 0 saturated carbocycles. The van der Waals surface area contributed by atoms with Crippen molar-refractivity contribution in [2.75, 3.05) is 0 Å². The molecule has 0 radical (unpaired) electrons. The lowest BCUT2D eigenvalue weighted by molar-refractivity contribution is 0.0918. The summed E-state index contributed by atoms with van der Waals surface area (Å²) >= 11 is 0. The molecule has 1 atom stereocenters. The highest BCUT2D eigenvalue weighted by Crippen LogP contribution is 2.13. The first-order valence-corrected chi connectivity index (χ1v) is 9.20. The molecule has 1 aliphatic heterocycles. The fourth-order valence-corrected chi connectivity index (χ4v) is 3.26. The number of hydrogen-bond acceptors (Lipinski definition) is 5. The number of fused-ring (bicyclic) bond motifs is 1. The largest absolute Gasteiger partial charge is 0.347 e. The second-order valence-electron chi connectivity index (χ2n) is 7.36. The molecule has 3 heterocycles. The molecule has 0 fully saturated rings. The van der Waals surface area contributed by atoms with E-state index in [2.05, 4.69) is 34.3 Å². The van der Waals surface area contributed by atoms with Crippen molar-refractivity contribution in [3.8, 4) is 0 Å². The molecule has 9 nitrogen and oxygen atoms in total. The van der Waals surface area contributed by atoms with Crippen molar-refractivity contribution in [2.24, 2.45) is 13.0 Å². The number of nitrogens with zero attached hydrogens (tertiary/aromatic N) is 6. The number of rotatable bonds is 5. The highest BCUT2D eigenvalue weighted by molar-refractivity contribution is 5.90. The molecule has 3 rings (SSSR count). The van der Waals surface area contributed by atoms with Crippen molar-refractivity contribution >= 4 is 5.91 Å². The Morgan fingerprint density at radius 1 is 1.31 bits per heavy atom. The van der Waals surface area contributed by atoms with Crippen LogP contribution < -0.4 is 11.0 Å². The van der Waals surface area contributed by atoms with E-state index in [4.69, 9.17) is 0 Å². The lowest BCUT2D eigenvalue weighted by Crippen LogP contribution is -2.37. The first-order chi connectivity index (χ1) is 12.3. The number of aromatic nitrogens is 6. The molecule has 1 unspecified atom stereocenters. The zero-order valence-corrected chi connectivity index (χ0v) is 15.9. The van der Waals surface area contributed by atoms with Crippen LogP contribution in [0.25, 0.3) is 0 Å². The number of hydrogen-bond donors (Lipinski definition) is 1. The lowest BCUT2D eigenvalue weighted by Gasteiger charge is -2.15. The molecule has 1 amide bonds. The first-order valence-electron chi connectivity index (χ1n) is 9.20. The summed E-state index contributed by atoms with van der Waals surface area (Å²) in [5, 5.41) is 11.6. The molecule has 2 aromatic heterocycles. The third-order valence-corrected chi connectivity index (χ3v) is 4.74. The van der Waals surface area contributed by atoms with Gasteiger partial charge in [-0.1, -0.05) is 13.8 Å². The second-order valence-corrected chi connectivity index (χ2v) is 7.36. The van der Waals surface area contributed by atoms with E-state index in [1.807, 2.05) is 0 Å². The minimum atomic E-state index is -0.230. The van der Waals surface area contributed by atoms with Crippen molar-refractivity contribution < 1.29 is 4.79 Å². The summed E-state index contributed by atoms with van der Waals surface area (Å²) in [7, 11) is 1.71. The van der Waals surface area contributed by atoms with Gasteiger partial charge in [0.25, 0.3) is 5.91 Å². The molecule has 2 aromatic rings. The maximum absolute atomic E-state index is 12.5. The lowest BCUT2D eigenvalue weighted by atomic mass is 10.1. The third kappa shape index (κ3) is 3.86. The van der Waals surface area contributed by atoms with E-state index in [1.165, 1.54) is 4.68 Å². The molecule has 0 saturated heterocycles. The predicted octanol–water partition coefficient (Wildman–Crippen LogP) is 0.663. The number of carbonyl (C=O) groups excluding carboxylic acids is 1. The van der Waals surface area contributed by atoms with Crippen molar-refractivity contribution in [3.05, 3.63) is 28.0 Å². The van der Waals surface area contributed by atoms with E-state index >= 15 is 0 Å². The topological polar surface area (TPSA) is 99.6 Å². The summed E-state index contributed by atoms with van der Waals surface area (Å²) in [6, 6.07) is -0.00952. The Morgan fingerprint density at radius 3 is 2.73 bits per heavy atom. The fourth-order valence-electron chi connectivity index (χ4n) is 3.26. The van der Waals surface area contributed by atoms with Gasteiger partial charge in [-0.05, 0) is 32.1 Å². The molecule has 1 N–H and O–H groups in total. The number of amides is 1. The molecule has 0 bridgehead atoms. The SMILES string of the molecule is Cc1nc(C(=O)NC2CCc3nn(CCC(C)C)c(=O)n3CC2)n(C)n1. The van der Waals surface area contributed by atoms with Crippen LogP contribution >= 0.6 is 0 Å². The average Bonchev–Trinajstić information content (AvgIpc) is 2.98. The van der Waals surface area contributed by atoms with Gasteiger partial charge in [0.2, 0.25) is 5.82 Å². The van der Waals surface area contributed by atoms with Crippen LogP contribution in [0.2, 0.25) is 0 Å². The van der Waals surface area contributed by atoms with Crippen LogP contribution in [-0.4, -0.2) is 41.1 Å². The van der Waals surface area contributed by atoms with E-state index in [9.17, 15) is 9.59 Å². The Bertz CT molecular complexity index is 846. The molecular weight excluding hydrogens is 334 g/mol. The number of aryl methyl sites for hydroxylation is 4. The van der Waals surface area contributed by atoms with Gasteiger partial charge in [-0.3, -0.25) is 9.36 Å². The van der Waals surface area contributed by atoms with Crippen LogP contribution in [0.4, 0.5) is 0 Å². The minimum Gasteiger partial charge on any atom is -0.347 e. The van der Waals surface area contributed by atoms with Gasteiger partial charge >= 0.3 is 5.69 Å². The smallest absolute Gasteiger partial charge is 0.345 e. The molecule has 0 aromatic carbocycles. The second kappa shape index (κ2) is 7.43. The van der Waals surface area contributed by atoms with Crippen LogP contribution in [0.15, 0.2) is 4.79 Å². The number of nitrogens with one attached hydrogen (secondary N) is 1. The van der Waals surface area contributed by atoms with Gasteiger partial charge in [-0.2, -0.15) is 10.2 Å². The third-order valence-electron chi connectivity index (χ3n) is 4.74. The Kier molecular flexibility index (Phi) is 5.24. The van der Waals surface area contributed by atoms with E-state index in [-0.39, 0.29) is 17.6 Å². The molecule has 9 heteroatoms. The van der Waals surface area contributed by atoms with Gasteiger partial charge in [-0.25, -0.2) is 19.1 Å². The highest BCUT2D eigenvalue weighted by Gasteiger charge is 2.24. The molecule has 142 valence electrons. The predicted molar refractivity (Wildman–Crippen MR) is 95.9 cm³/mol. The highest BCUT2D eigenvalue weighted by atomic mass is 16.2. The van der Waals surface area contributed by atoms with Gasteiger partial charge in [0, 0.05) is 32.6 Å². The van der Waals surface area contributed by atoms with Gasteiger partial charge in [0.05, 0.1) is 0 Å². The normalized spacial score (nSPS) is 17.2. The minimum absolute atomic E-state index is 0.00952. The van der Waals surface area contributed by atoms with E-state index in [0.717, 1.165) is 18.7 Å². The van der Waals surface area contributed by atoms with Gasteiger partial charge in [0.15, 0.2) is 0 Å². The standard InChI is InChI=1S/C17H27N7O2/c1-11(2)7-10-24-17(26)23-9-8-13(5-6-14(23)21-24)19-16(25)15-18-12(3)20-22(15)4/h11,13H,5-10H2,1-4H3,(H,19,25). The van der Waals surface area contributed by atoms with Gasteiger partial charge in [0.1, 0.15) is 11.6 Å². The molecule has 0 aliphatic carbocycles. The van der Waals surface area contributed by atoms with Gasteiger partial charge in [-0.15, -0.1) is 0 Å². The Hall–Kier alpha value is -2.45. The summed E-state index contributed by atoms with van der Waals surface area (Å²) in [6.45, 7) is 7.25. The zero-order chi connectivity index (χ0) is 18.8. The Balaban J connectivity index is 1.64. The van der Waals surface area contributed by atoms with Gasteiger partial charge < -0.3 is 5.32 Å². The fraction of sp³-hybridized carbons (Fsp3) is 0.706. The van der Waals surface area contributed by atoms with Crippen LogP contribution in [0.1, 0.15) is 55.4 Å². The van der Waals surface area contributed by atoms with Crippen molar-refractivity contribution in [1.82, 2.24) is 34.4 Å². The Morgan fingerprint density at radius 2 is 2.08 bits per heavy atom. The number of carbonyl (C=O) groups is 1. The van der Waals surface area contributed by atoms with E-state index in [0.29, 0.717) is 43.5 Å². The molecule has 26 heavy (non-hydrogen) atoms. The molecule has 1 aliphatic rings. The zero-order valence-electron chi connectivity index (χ0n) is 15.9. The summed E-state index contributed by atoms with van der Waals surface area (Å²) < 4.78 is 4.81. The van der Waals surface area contributed by atoms with Crippen LogP contribution in [0, 0.1) is 12.8 Å². The van der Waals surface area contributed by atoms with Crippen molar-refractivity contribution in [3.63, 3.8) is 0 Å².